The van der Waals surface area contributed by atoms with Gasteiger partial charge in [-0.25, -0.2) is 0 Å². The number of amides is 1. The minimum absolute atomic E-state index is 0.0684. The number of carbonyl (C=O) groups is 1. The van der Waals surface area contributed by atoms with Crippen molar-refractivity contribution in [2.45, 2.75) is 12.7 Å². The van der Waals surface area contributed by atoms with Crippen LogP contribution in [0, 0.1) is 10.1 Å². The Morgan fingerprint density at radius 3 is 2.06 bits per heavy atom. The number of piperazine rings is 1. The van der Waals surface area contributed by atoms with Crippen LogP contribution in [0.3, 0.4) is 0 Å². The molecule has 0 bridgehead atoms. The number of pyridine rings is 1. The Bertz CT molecular complexity index is 1200. The lowest BCUT2D eigenvalue weighted by Gasteiger charge is -2.37. The number of aromatic nitrogens is 1. The van der Waals surface area contributed by atoms with Crippen LogP contribution in [0.25, 0.3) is 0 Å². The molecule has 3 aromatic rings. The van der Waals surface area contributed by atoms with E-state index in [2.05, 4.69) is 20.1 Å². The predicted octanol–water partition coefficient (Wildman–Crippen LogP) is 4.27. The lowest BCUT2D eigenvalue weighted by atomic mass is 10.1. The van der Waals surface area contributed by atoms with E-state index in [1.54, 1.807) is 12.4 Å². The molecular formula is C24H22F3N5O3. The second-order valence-electron chi connectivity index (χ2n) is 8.05. The van der Waals surface area contributed by atoms with Crippen molar-refractivity contribution in [2.24, 2.45) is 0 Å². The summed E-state index contributed by atoms with van der Waals surface area (Å²) in [5.74, 6) is -0.824. The number of benzene rings is 2. The summed E-state index contributed by atoms with van der Waals surface area (Å²) in [6.07, 6.45) is -1.26. The number of halogens is 3. The summed E-state index contributed by atoms with van der Waals surface area (Å²) in [6, 6.07) is 13.3. The first kappa shape index (κ1) is 24.0. The third kappa shape index (κ3) is 5.86. The first-order valence-electron chi connectivity index (χ1n) is 10.8. The number of hydrogen-bond acceptors (Lipinski definition) is 6. The normalized spacial score (nSPS) is 14.0. The summed E-state index contributed by atoms with van der Waals surface area (Å²) < 4.78 is 39.2. The highest BCUT2D eigenvalue weighted by Gasteiger charge is 2.33. The highest BCUT2D eigenvalue weighted by molar-refractivity contribution is 5.95. The number of non-ortho nitro benzene ring substituents is 1. The molecule has 1 fully saturated rings. The fourth-order valence-electron chi connectivity index (χ4n) is 3.90. The summed E-state index contributed by atoms with van der Waals surface area (Å²) in [7, 11) is 0. The van der Waals surface area contributed by atoms with Gasteiger partial charge in [0.1, 0.15) is 0 Å². The summed E-state index contributed by atoms with van der Waals surface area (Å²) in [4.78, 5) is 31.0. The molecule has 0 atom stereocenters. The molecule has 4 rings (SSSR count). The lowest BCUT2D eigenvalue weighted by molar-refractivity contribution is -0.385. The lowest BCUT2D eigenvalue weighted by Crippen LogP contribution is -2.46. The smallest absolute Gasteiger partial charge is 0.368 e. The zero-order valence-corrected chi connectivity index (χ0v) is 18.5. The van der Waals surface area contributed by atoms with Crippen molar-refractivity contribution in [1.29, 1.82) is 0 Å². The molecule has 35 heavy (non-hydrogen) atoms. The SMILES string of the molecule is O=C(NCc1ccc(N2CCN(c3ccncc3)CC2)cc1)c1cc([N+](=O)[O-])cc(C(F)(F)F)c1. The van der Waals surface area contributed by atoms with E-state index in [4.69, 9.17) is 0 Å². The van der Waals surface area contributed by atoms with Crippen molar-refractivity contribution in [3.05, 3.63) is 93.8 Å². The van der Waals surface area contributed by atoms with E-state index in [-0.39, 0.29) is 6.54 Å². The Hall–Kier alpha value is -4.15. The molecule has 1 saturated heterocycles. The topological polar surface area (TPSA) is 91.6 Å². The molecule has 11 heteroatoms. The summed E-state index contributed by atoms with van der Waals surface area (Å²) in [5, 5.41) is 13.5. The second-order valence-corrected chi connectivity index (χ2v) is 8.05. The number of hydrogen-bond donors (Lipinski definition) is 1. The number of carbonyl (C=O) groups excluding carboxylic acids is 1. The number of nitro benzene ring substituents is 1. The van der Waals surface area contributed by atoms with Gasteiger partial charge in [0.15, 0.2) is 0 Å². The average molecular weight is 485 g/mol. The molecule has 182 valence electrons. The van der Waals surface area contributed by atoms with Gasteiger partial charge in [0, 0.05) is 74.2 Å². The summed E-state index contributed by atoms with van der Waals surface area (Å²) >= 11 is 0. The molecule has 1 amide bonds. The van der Waals surface area contributed by atoms with Gasteiger partial charge in [-0.15, -0.1) is 0 Å². The number of rotatable bonds is 6. The first-order valence-corrected chi connectivity index (χ1v) is 10.8. The van der Waals surface area contributed by atoms with Crippen LogP contribution in [-0.4, -0.2) is 42.0 Å². The van der Waals surface area contributed by atoms with Gasteiger partial charge in [0.2, 0.25) is 0 Å². The van der Waals surface area contributed by atoms with Crippen LogP contribution in [0.4, 0.5) is 30.2 Å². The van der Waals surface area contributed by atoms with Crippen molar-refractivity contribution in [3.63, 3.8) is 0 Å². The fourth-order valence-corrected chi connectivity index (χ4v) is 3.90. The zero-order chi connectivity index (χ0) is 25.0. The van der Waals surface area contributed by atoms with Gasteiger partial charge in [0.25, 0.3) is 11.6 Å². The Morgan fingerprint density at radius 2 is 1.51 bits per heavy atom. The van der Waals surface area contributed by atoms with Gasteiger partial charge in [-0.05, 0) is 35.9 Å². The van der Waals surface area contributed by atoms with E-state index in [1.165, 1.54) is 0 Å². The first-order chi connectivity index (χ1) is 16.7. The molecule has 2 aromatic carbocycles. The van der Waals surface area contributed by atoms with Gasteiger partial charge in [-0.2, -0.15) is 13.2 Å². The molecule has 2 heterocycles. The Kier molecular flexibility index (Phi) is 6.85. The predicted molar refractivity (Wildman–Crippen MR) is 124 cm³/mol. The van der Waals surface area contributed by atoms with Crippen molar-refractivity contribution < 1.29 is 22.9 Å². The maximum Gasteiger partial charge on any atom is 0.416 e. The third-order valence-electron chi connectivity index (χ3n) is 5.78. The van der Waals surface area contributed by atoms with Crippen molar-refractivity contribution in [1.82, 2.24) is 10.3 Å². The number of anilines is 2. The van der Waals surface area contributed by atoms with E-state index in [1.807, 2.05) is 36.4 Å². The monoisotopic (exact) mass is 485 g/mol. The molecule has 1 aliphatic rings. The van der Waals surface area contributed by atoms with E-state index in [0.29, 0.717) is 12.1 Å². The van der Waals surface area contributed by atoms with E-state index < -0.39 is 33.8 Å². The van der Waals surface area contributed by atoms with Crippen molar-refractivity contribution >= 4 is 23.0 Å². The van der Waals surface area contributed by atoms with Gasteiger partial charge < -0.3 is 15.1 Å². The van der Waals surface area contributed by atoms with Crippen LogP contribution in [0.2, 0.25) is 0 Å². The van der Waals surface area contributed by atoms with Crippen molar-refractivity contribution in [2.75, 3.05) is 36.0 Å². The van der Waals surface area contributed by atoms with Gasteiger partial charge >= 0.3 is 6.18 Å². The number of nitrogens with one attached hydrogen (secondary N) is 1. The highest BCUT2D eigenvalue weighted by Crippen LogP contribution is 2.32. The molecule has 1 N–H and O–H groups in total. The summed E-state index contributed by atoms with van der Waals surface area (Å²) in [6.45, 7) is 3.48. The quantitative estimate of drug-likeness (QED) is 0.414. The number of nitrogens with zero attached hydrogens (tertiary/aromatic N) is 4. The molecule has 1 aromatic heterocycles. The van der Waals surface area contributed by atoms with Gasteiger partial charge in [-0.3, -0.25) is 19.9 Å². The molecule has 8 nitrogen and oxygen atoms in total. The molecule has 0 radical (unpaired) electrons. The Balaban J connectivity index is 1.35. The fraction of sp³-hybridized carbons (Fsp3) is 0.250. The van der Waals surface area contributed by atoms with Gasteiger partial charge in [0.05, 0.1) is 10.5 Å². The second kappa shape index (κ2) is 10.00. The zero-order valence-electron chi connectivity index (χ0n) is 18.5. The minimum Gasteiger partial charge on any atom is -0.368 e. The van der Waals surface area contributed by atoms with Crippen LogP contribution in [0.1, 0.15) is 21.5 Å². The van der Waals surface area contributed by atoms with E-state index in [9.17, 15) is 28.1 Å². The van der Waals surface area contributed by atoms with Crippen LogP contribution in [0.15, 0.2) is 67.0 Å². The van der Waals surface area contributed by atoms with Crippen LogP contribution >= 0.6 is 0 Å². The molecular weight excluding hydrogens is 463 g/mol. The van der Waals surface area contributed by atoms with Crippen LogP contribution in [0.5, 0.6) is 0 Å². The Labute approximate surface area is 199 Å². The molecule has 0 aliphatic carbocycles. The van der Waals surface area contributed by atoms with E-state index in [0.717, 1.165) is 49.2 Å². The largest absolute Gasteiger partial charge is 0.416 e. The maximum absolute atomic E-state index is 13.1. The molecule has 1 aliphatic heterocycles. The standard InChI is InChI=1S/C24H22F3N5O3/c25-24(26,27)19-13-18(14-22(15-19)32(34)35)23(33)29-16-17-1-3-20(4-2-17)30-9-11-31(12-10-30)21-5-7-28-8-6-21/h1-8,13-15H,9-12,16H2,(H,29,33). The van der Waals surface area contributed by atoms with Crippen LogP contribution < -0.4 is 15.1 Å². The van der Waals surface area contributed by atoms with Gasteiger partial charge in [-0.1, -0.05) is 12.1 Å². The number of alkyl halides is 3. The minimum atomic E-state index is -4.80. The highest BCUT2D eigenvalue weighted by atomic mass is 19.4. The maximum atomic E-state index is 13.1. The Morgan fingerprint density at radius 1 is 0.943 bits per heavy atom. The van der Waals surface area contributed by atoms with E-state index >= 15 is 0 Å². The number of nitro groups is 1. The molecule has 0 spiro atoms. The molecule has 0 saturated carbocycles. The molecule has 0 unspecified atom stereocenters. The third-order valence-corrected chi connectivity index (χ3v) is 5.78. The average Bonchev–Trinajstić information content (AvgIpc) is 2.87. The van der Waals surface area contributed by atoms with Crippen LogP contribution in [-0.2, 0) is 12.7 Å². The van der Waals surface area contributed by atoms with Crippen molar-refractivity contribution in [3.8, 4) is 0 Å². The summed E-state index contributed by atoms with van der Waals surface area (Å²) in [5.41, 5.74) is 0.456.